The van der Waals surface area contributed by atoms with E-state index in [1.165, 1.54) is 5.56 Å². The molecule has 1 unspecified atom stereocenters. The number of amides is 1. The number of rotatable bonds is 7. The van der Waals surface area contributed by atoms with E-state index in [0.717, 1.165) is 52.4 Å². The Morgan fingerprint density at radius 3 is 2.97 bits per heavy atom. The fourth-order valence-corrected chi connectivity index (χ4v) is 4.78. The fraction of sp³-hybridized carbons (Fsp3) is 0.435. The summed E-state index contributed by atoms with van der Waals surface area (Å²) in [4.78, 5) is 22.6. The number of aryl methyl sites for hydroxylation is 1. The van der Waals surface area contributed by atoms with E-state index < -0.39 is 0 Å². The number of aromatic nitrogens is 2. The highest BCUT2D eigenvalue weighted by Crippen LogP contribution is 2.32. The molecule has 6 nitrogen and oxygen atoms in total. The standard InChI is InChI=1S/C23H28N4O2S/c1-14(2)10-17-13-30-23-20(17)21(25-15(3)26-23)24-12-16-6-4-7-18(11-16)27-22(28)19-8-5-9-29-19/h4,6-7,11,13-14,19H,5,8-10,12H2,1-3H3,(H,27,28)(H,24,25,26). The van der Waals surface area contributed by atoms with Crippen molar-refractivity contribution in [2.45, 2.75) is 52.7 Å². The molecule has 7 heteroatoms. The Labute approximate surface area is 181 Å². The molecule has 1 saturated heterocycles. The van der Waals surface area contributed by atoms with Gasteiger partial charge in [-0.3, -0.25) is 4.79 Å². The molecule has 1 aromatic carbocycles. The highest BCUT2D eigenvalue weighted by atomic mass is 32.1. The second kappa shape index (κ2) is 9.10. The summed E-state index contributed by atoms with van der Waals surface area (Å²) in [6.45, 7) is 7.65. The van der Waals surface area contributed by atoms with Crippen LogP contribution in [0.25, 0.3) is 10.2 Å². The first-order valence-electron chi connectivity index (χ1n) is 10.5. The second-order valence-corrected chi connectivity index (χ2v) is 9.06. The largest absolute Gasteiger partial charge is 0.368 e. The third-order valence-electron chi connectivity index (χ3n) is 5.13. The number of hydrogen-bond donors (Lipinski definition) is 2. The van der Waals surface area contributed by atoms with E-state index in [1.54, 1.807) is 11.3 Å². The molecule has 1 fully saturated rings. The molecule has 2 aromatic heterocycles. The molecule has 0 saturated carbocycles. The molecule has 3 aromatic rings. The fourth-order valence-electron chi connectivity index (χ4n) is 3.78. The number of nitrogens with one attached hydrogen (secondary N) is 2. The summed E-state index contributed by atoms with van der Waals surface area (Å²) in [5.74, 6) is 2.15. The minimum absolute atomic E-state index is 0.0673. The second-order valence-electron chi connectivity index (χ2n) is 8.20. The molecule has 0 aliphatic carbocycles. The van der Waals surface area contributed by atoms with Crippen molar-refractivity contribution >= 4 is 39.0 Å². The number of benzene rings is 1. The van der Waals surface area contributed by atoms with E-state index in [9.17, 15) is 4.79 Å². The molecule has 1 aliphatic heterocycles. The van der Waals surface area contributed by atoms with Gasteiger partial charge in [-0.1, -0.05) is 26.0 Å². The van der Waals surface area contributed by atoms with Crippen LogP contribution in [0.15, 0.2) is 29.6 Å². The molecule has 30 heavy (non-hydrogen) atoms. The Morgan fingerprint density at radius 1 is 1.33 bits per heavy atom. The van der Waals surface area contributed by atoms with Crippen LogP contribution in [0.3, 0.4) is 0 Å². The van der Waals surface area contributed by atoms with Crippen LogP contribution in [0, 0.1) is 12.8 Å². The summed E-state index contributed by atoms with van der Waals surface area (Å²) in [5, 5.41) is 9.80. The van der Waals surface area contributed by atoms with Crippen LogP contribution in [0.2, 0.25) is 0 Å². The number of anilines is 2. The smallest absolute Gasteiger partial charge is 0.253 e. The van der Waals surface area contributed by atoms with Gasteiger partial charge >= 0.3 is 0 Å². The number of thiophene rings is 1. The lowest BCUT2D eigenvalue weighted by atomic mass is 10.0. The number of fused-ring (bicyclic) bond motifs is 1. The average molecular weight is 425 g/mol. The lowest BCUT2D eigenvalue weighted by Crippen LogP contribution is -2.26. The van der Waals surface area contributed by atoms with Gasteiger partial charge in [-0.2, -0.15) is 0 Å². The van der Waals surface area contributed by atoms with Crippen molar-refractivity contribution in [1.29, 1.82) is 0 Å². The van der Waals surface area contributed by atoms with Crippen LogP contribution in [0.1, 0.15) is 43.6 Å². The highest BCUT2D eigenvalue weighted by Gasteiger charge is 2.23. The third kappa shape index (κ3) is 4.79. The Kier molecular flexibility index (Phi) is 6.29. The van der Waals surface area contributed by atoms with Crippen LogP contribution in [-0.2, 0) is 22.5 Å². The van der Waals surface area contributed by atoms with Gasteiger partial charge in [0, 0.05) is 18.8 Å². The number of carbonyl (C=O) groups is 1. The van der Waals surface area contributed by atoms with Crippen molar-refractivity contribution in [2.75, 3.05) is 17.2 Å². The molecule has 0 spiro atoms. The van der Waals surface area contributed by atoms with E-state index in [0.29, 0.717) is 19.1 Å². The monoisotopic (exact) mass is 424 g/mol. The van der Waals surface area contributed by atoms with E-state index in [4.69, 9.17) is 4.74 Å². The molecule has 158 valence electrons. The van der Waals surface area contributed by atoms with Crippen LogP contribution in [0.4, 0.5) is 11.5 Å². The van der Waals surface area contributed by atoms with Crippen molar-refractivity contribution < 1.29 is 9.53 Å². The molecule has 4 rings (SSSR count). The van der Waals surface area contributed by atoms with Gasteiger partial charge in [-0.05, 0) is 60.7 Å². The summed E-state index contributed by atoms with van der Waals surface area (Å²) in [6, 6.07) is 7.90. The van der Waals surface area contributed by atoms with Crippen LogP contribution in [-0.4, -0.2) is 28.6 Å². The topological polar surface area (TPSA) is 76.1 Å². The maximum atomic E-state index is 12.3. The van der Waals surface area contributed by atoms with Crippen LogP contribution in [0.5, 0.6) is 0 Å². The number of nitrogens with zero attached hydrogens (tertiary/aromatic N) is 2. The van der Waals surface area contributed by atoms with E-state index in [1.807, 2.05) is 31.2 Å². The number of hydrogen-bond acceptors (Lipinski definition) is 6. The Bertz CT molecular complexity index is 1040. The van der Waals surface area contributed by atoms with Crippen molar-refractivity contribution in [3.63, 3.8) is 0 Å². The highest BCUT2D eigenvalue weighted by molar-refractivity contribution is 7.17. The zero-order valence-electron chi connectivity index (χ0n) is 17.7. The minimum atomic E-state index is -0.331. The van der Waals surface area contributed by atoms with Crippen molar-refractivity contribution in [1.82, 2.24) is 9.97 Å². The first-order chi connectivity index (χ1) is 14.5. The first-order valence-corrected chi connectivity index (χ1v) is 11.4. The van der Waals surface area contributed by atoms with Gasteiger partial charge < -0.3 is 15.4 Å². The van der Waals surface area contributed by atoms with Crippen molar-refractivity contribution in [2.24, 2.45) is 5.92 Å². The summed E-state index contributed by atoms with van der Waals surface area (Å²) in [6.07, 6.45) is 2.40. The molecule has 2 N–H and O–H groups in total. The van der Waals surface area contributed by atoms with Gasteiger partial charge in [0.15, 0.2) is 0 Å². The quantitative estimate of drug-likeness (QED) is 0.562. The van der Waals surface area contributed by atoms with Crippen LogP contribution >= 0.6 is 11.3 Å². The first kappa shape index (κ1) is 20.8. The lowest BCUT2D eigenvalue weighted by Gasteiger charge is -2.13. The summed E-state index contributed by atoms with van der Waals surface area (Å²) >= 11 is 1.68. The predicted molar refractivity (Wildman–Crippen MR) is 122 cm³/mol. The zero-order valence-corrected chi connectivity index (χ0v) is 18.5. The molecular weight excluding hydrogens is 396 g/mol. The molecule has 1 aliphatic rings. The van der Waals surface area contributed by atoms with E-state index >= 15 is 0 Å². The molecule has 1 atom stereocenters. The molecule has 0 bridgehead atoms. The van der Waals surface area contributed by atoms with Gasteiger partial charge in [0.25, 0.3) is 5.91 Å². The van der Waals surface area contributed by atoms with Crippen LogP contribution < -0.4 is 10.6 Å². The molecular formula is C23H28N4O2S. The van der Waals surface area contributed by atoms with Crippen molar-refractivity contribution in [3.05, 3.63) is 46.6 Å². The Balaban J connectivity index is 1.50. The molecule has 3 heterocycles. The maximum absolute atomic E-state index is 12.3. The zero-order chi connectivity index (χ0) is 21.1. The third-order valence-corrected chi connectivity index (χ3v) is 6.05. The normalized spacial score (nSPS) is 16.3. The van der Waals surface area contributed by atoms with Gasteiger partial charge in [0.05, 0.1) is 5.39 Å². The lowest BCUT2D eigenvalue weighted by molar-refractivity contribution is -0.124. The summed E-state index contributed by atoms with van der Waals surface area (Å²) in [7, 11) is 0. The number of ether oxygens (including phenoxy) is 1. The van der Waals surface area contributed by atoms with E-state index in [-0.39, 0.29) is 12.0 Å². The van der Waals surface area contributed by atoms with Gasteiger partial charge in [0.2, 0.25) is 0 Å². The summed E-state index contributed by atoms with van der Waals surface area (Å²) < 4.78 is 5.47. The van der Waals surface area contributed by atoms with Gasteiger partial charge in [-0.25, -0.2) is 9.97 Å². The van der Waals surface area contributed by atoms with Gasteiger partial charge in [-0.15, -0.1) is 11.3 Å². The van der Waals surface area contributed by atoms with Gasteiger partial charge in [0.1, 0.15) is 22.6 Å². The Morgan fingerprint density at radius 2 is 2.20 bits per heavy atom. The Hall–Kier alpha value is -2.51. The predicted octanol–water partition coefficient (Wildman–Crippen LogP) is 4.93. The molecule has 0 radical (unpaired) electrons. The minimum Gasteiger partial charge on any atom is -0.368 e. The summed E-state index contributed by atoms with van der Waals surface area (Å²) in [5.41, 5.74) is 3.16. The van der Waals surface area contributed by atoms with Crippen molar-refractivity contribution in [3.8, 4) is 0 Å². The average Bonchev–Trinajstić information content (AvgIpc) is 3.37. The SMILES string of the molecule is Cc1nc(NCc2cccc(NC(=O)C3CCCO3)c2)c2c(CC(C)C)csc2n1. The number of carbonyl (C=O) groups excluding carboxylic acids is 1. The van der Waals surface area contributed by atoms with E-state index in [2.05, 4.69) is 39.8 Å². The maximum Gasteiger partial charge on any atom is 0.253 e. The molecule has 1 amide bonds.